The summed E-state index contributed by atoms with van der Waals surface area (Å²) in [6.07, 6.45) is 2.98. The molecule has 0 spiro atoms. The number of hydrogen-bond acceptors (Lipinski definition) is 2. The number of halogens is 2. The molecule has 0 atom stereocenters. The van der Waals surface area contributed by atoms with Crippen molar-refractivity contribution in [2.45, 2.75) is 34.1 Å². The molecule has 0 bridgehead atoms. The number of aliphatic imine (C=N–C) groups is 1. The normalized spacial score (nSPS) is 11.1. The predicted octanol–water partition coefficient (Wildman–Crippen LogP) is 6.28. The molecule has 0 aliphatic rings. The molecule has 0 amide bonds. The highest BCUT2D eigenvalue weighted by atomic mass is 35.5. The highest BCUT2D eigenvalue weighted by Crippen LogP contribution is 2.32. The minimum Gasteiger partial charge on any atom is -0.457 e. The summed E-state index contributed by atoms with van der Waals surface area (Å²) >= 11 is 5.81. The average Bonchev–Trinajstić information content (AvgIpc) is 2.58. The lowest BCUT2D eigenvalue weighted by Gasteiger charge is -2.16. The van der Waals surface area contributed by atoms with E-state index in [2.05, 4.69) is 23.7 Å². The smallest absolute Gasteiger partial charge is 0.142 e. The summed E-state index contributed by atoms with van der Waals surface area (Å²) in [5.74, 6) is 0.754. The minimum atomic E-state index is -0.459. The van der Waals surface area contributed by atoms with Gasteiger partial charge in [0.2, 0.25) is 0 Å². The van der Waals surface area contributed by atoms with Crippen molar-refractivity contribution in [3.05, 3.63) is 52.3 Å². The molecular weight excluding hydrogens is 339 g/mol. The largest absolute Gasteiger partial charge is 0.457 e. The first-order valence-electron chi connectivity index (χ1n) is 8.47. The summed E-state index contributed by atoms with van der Waals surface area (Å²) in [7, 11) is 0. The first-order chi connectivity index (χ1) is 11.9. The van der Waals surface area contributed by atoms with Crippen LogP contribution in [0.3, 0.4) is 0 Å². The lowest BCUT2D eigenvalue weighted by Crippen LogP contribution is -2.21. The van der Waals surface area contributed by atoms with Crippen molar-refractivity contribution in [2.75, 3.05) is 13.1 Å². The Hall–Kier alpha value is -2.07. The van der Waals surface area contributed by atoms with Gasteiger partial charge in [-0.3, -0.25) is 0 Å². The Morgan fingerprint density at radius 1 is 1.16 bits per heavy atom. The van der Waals surface area contributed by atoms with Crippen molar-refractivity contribution in [1.29, 1.82) is 0 Å². The molecule has 0 radical (unpaired) electrons. The van der Waals surface area contributed by atoms with E-state index in [1.807, 2.05) is 32.3 Å². The van der Waals surface area contributed by atoms with Crippen LogP contribution in [0, 0.1) is 19.7 Å². The summed E-state index contributed by atoms with van der Waals surface area (Å²) in [4.78, 5) is 6.79. The maximum absolute atomic E-state index is 13.3. The Morgan fingerprint density at radius 2 is 1.92 bits per heavy atom. The van der Waals surface area contributed by atoms with E-state index in [9.17, 15) is 4.39 Å². The van der Waals surface area contributed by atoms with Gasteiger partial charge in [-0.2, -0.15) is 0 Å². The van der Waals surface area contributed by atoms with Gasteiger partial charge in [0.05, 0.1) is 17.0 Å². The summed E-state index contributed by atoms with van der Waals surface area (Å²) in [5, 5.41) is 0.0451. The predicted molar refractivity (Wildman–Crippen MR) is 103 cm³/mol. The van der Waals surface area contributed by atoms with Gasteiger partial charge < -0.3 is 9.64 Å². The molecule has 0 aliphatic carbocycles. The van der Waals surface area contributed by atoms with E-state index in [0.29, 0.717) is 11.5 Å². The van der Waals surface area contributed by atoms with E-state index >= 15 is 0 Å². The SMILES string of the molecule is CCCN(/C=N/c1cc(C)c(Oc2ccc(F)c(Cl)c2)cc1C)CC. The summed E-state index contributed by atoms with van der Waals surface area (Å²) in [5.41, 5.74) is 2.88. The Morgan fingerprint density at radius 3 is 2.56 bits per heavy atom. The Bertz CT molecular complexity index is 762. The summed E-state index contributed by atoms with van der Waals surface area (Å²) in [6.45, 7) is 10.1. The van der Waals surface area contributed by atoms with Crippen molar-refractivity contribution in [3.8, 4) is 11.5 Å². The molecule has 0 aliphatic heterocycles. The second-order valence-electron chi connectivity index (χ2n) is 5.96. The number of rotatable bonds is 7. The van der Waals surface area contributed by atoms with Gasteiger partial charge in [0, 0.05) is 19.2 Å². The Labute approximate surface area is 154 Å². The number of benzene rings is 2. The summed E-state index contributed by atoms with van der Waals surface area (Å²) in [6, 6.07) is 8.26. The van der Waals surface area contributed by atoms with E-state index in [0.717, 1.165) is 36.3 Å². The first-order valence-corrected chi connectivity index (χ1v) is 8.84. The van der Waals surface area contributed by atoms with E-state index < -0.39 is 5.82 Å². The third-order valence-corrected chi connectivity index (χ3v) is 4.18. The molecule has 5 heteroatoms. The second kappa shape index (κ2) is 8.86. The molecule has 2 rings (SSSR count). The fourth-order valence-electron chi connectivity index (χ4n) is 2.42. The zero-order chi connectivity index (χ0) is 18.4. The van der Waals surface area contributed by atoms with Crippen molar-refractivity contribution in [2.24, 2.45) is 4.99 Å². The van der Waals surface area contributed by atoms with Crippen LogP contribution in [0.5, 0.6) is 11.5 Å². The molecule has 0 fully saturated rings. The Balaban J connectivity index is 2.21. The van der Waals surface area contributed by atoms with E-state index in [1.165, 1.54) is 12.1 Å². The van der Waals surface area contributed by atoms with Crippen LogP contribution in [0.15, 0.2) is 35.3 Å². The fraction of sp³-hybridized carbons (Fsp3) is 0.350. The molecule has 0 heterocycles. The van der Waals surface area contributed by atoms with Crippen LogP contribution < -0.4 is 4.74 Å². The Kier molecular flexibility index (Phi) is 6.82. The molecule has 0 saturated heterocycles. The maximum Gasteiger partial charge on any atom is 0.142 e. The highest BCUT2D eigenvalue weighted by Gasteiger charge is 2.08. The van der Waals surface area contributed by atoms with Crippen LogP contribution >= 0.6 is 11.6 Å². The van der Waals surface area contributed by atoms with Gasteiger partial charge in [0.15, 0.2) is 0 Å². The van der Waals surface area contributed by atoms with Crippen LogP contribution in [-0.4, -0.2) is 24.3 Å². The van der Waals surface area contributed by atoms with Gasteiger partial charge >= 0.3 is 0 Å². The molecule has 3 nitrogen and oxygen atoms in total. The van der Waals surface area contributed by atoms with E-state index in [1.54, 1.807) is 6.07 Å². The third-order valence-electron chi connectivity index (χ3n) is 3.89. The molecule has 2 aromatic carbocycles. The van der Waals surface area contributed by atoms with Crippen LogP contribution in [-0.2, 0) is 0 Å². The topological polar surface area (TPSA) is 24.8 Å². The second-order valence-corrected chi connectivity index (χ2v) is 6.36. The zero-order valence-electron chi connectivity index (χ0n) is 15.1. The van der Waals surface area contributed by atoms with Crippen molar-refractivity contribution < 1.29 is 9.13 Å². The van der Waals surface area contributed by atoms with Crippen molar-refractivity contribution >= 4 is 23.6 Å². The van der Waals surface area contributed by atoms with Crippen LogP contribution in [0.4, 0.5) is 10.1 Å². The van der Waals surface area contributed by atoms with Gasteiger partial charge in [-0.15, -0.1) is 0 Å². The average molecular weight is 363 g/mol. The number of ether oxygens (including phenoxy) is 1. The molecule has 0 saturated carbocycles. The lowest BCUT2D eigenvalue weighted by molar-refractivity contribution is 0.452. The van der Waals surface area contributed by atoms with Crippen molar-refractivity contribution in [3.63, 3.8) is 0 Å². The number of nitrogens with zero attached hydrogens (tertiary/aromatic N) is 2. The van der Waals surface area contributed by atoms with Gasteiger partial charge in [-0.1, -0.05) is 18.5 Å². The van der Waals surface area contributed by atoms with Crippen LogP contribution in [0.1, 0.15) is 31.4 Å². The van der Waals surface area contributed by atoms with Gasteiger partial charge in [-0.05, 0) is 62.6 Å². The van der Waals surface area contributed by atoms with Crippen molar-refractivity contribution in [1.82, 2.24) is 4.90 Å². The lowest BCUT2D eigenvalue weighted by atomic mass is 10.1. The molecule has 0 N–H and O–H groups in total. The molecule has 25 heavy (non-hydrogen) atoms. The number of hydrogen-bond donors (Lipinski definition) is 0. The number of aryl methyl sites for hydroxylation is 2. The van der Waals surface area contributed by atoms with Gasteiger partial charge in [0.1, 0.15) is 17.3 Å². The third kappa shape index (κ3) is 5.20. The zero-order valence-corrected chi connectivity index (χ0v) is 15.9. The maximum atomic E-state index is 13.3. The molecule has 0 unspecified atom stereocenters. The van der Waals surface area contributed by atoms with E-state index in [4.69, 9.17) is 16.3 Å². The molecular formula is C20H24ClFN2O. The van der Waals surface area contributed by atoms with Crippen LogP contribution in [0.2, 0.25) is 5.02 Å². The van der Waals surface area contributed by atoms with Crippen LogP contribution in [0.25, 0.3) is 0 Å². The van der Waals surface area contributed by atoms with Gasteiger partial charge in [0.25, 0.3) is 0 Å². The summed E-state index contributed by atoms with van der Waals surface area (Å²) < 4.78 is 19.1. The first kappa shape index (κ1) is 19.3. The monoisotopic (exact) mass is 362 g/mol. The quantitative estimate of drug-likeness (QED) is 0.427. The molecule has 134 valence electrons. The van der Waals surface area contributed by atoms with Gasteiger partial charge in [-0.25, -0.2) is 9.38 Å². The molecule has 0 aromatic heterocycles. The minimum absolute atomic E-state index is 0.0451. The van der Waals surface area contributed by atoms with E-state index in [-0.39, 0.29) is 5.02 Å². The standard InChI is InChI=1S/C20H24ClFN2O/c1-5-9-24(6-2)13-23-19-10-15(4)20(11-14(19)3)25-16-7-8-18(22)17(21)12-16/h7-8,10-13H,5-6,9H2,1-4H3/b23-13+. The molecule has 2 aromatic rings. The highest BCUT2D eigenvalue weighted by molar-refractivity contribution is 6.30. The fourth-order valence-corrected chi connectivity index (χ4v) is 2.59.